The molecule has 0 fully saturated rings. The van der Waals surface area contributed by atoms with E-state index in [1.807, 2.05) is 31.1 Å². The molecule has 0 aliphatic rings. The first-order valence-electron chi connectivity index (χ1n) is 7.50. The van der Waals surface area contributed by atoms with Crippen molar-refractivity contribution in [3.63, 3.8) is 0 Å². The summed E-state index contributed by atoms with van der Waals surface area (Å²) in [5.74, 6) is 0. The van der Waals surface area contributed by atoms with E-state index in [4.69, 9.17) is 0 Å². The molecule has 2 rings (SSSR count). The van der Waals surface area contributed by atoms with Crippen LogP contribution in [0.3, 0.4) is 0 Å². The summed E-state index contributed by atoms with van der Waals surface area (Å²) in [6, 6.07) is 15.3. The molecule has 7 heteroatoms. The average molecular weight is 419 g/mol. The minimum atomic E-state index is -2.11. The Bertz CT molecular complexity index is 635. The summed E-state index contributed by atoms with van der Waals surface area (Å²) in [5.41, 5.74) is 2.46. The van der Waals surface area contributed by atoms with E-state index < -0.39 is 11.1 Å². The SMILES string of the molecule is CN(C)Cc1ccc(Br)cc1.CN(C)Cc1ccc(S(=O)[O-])cc1.[Li+]. The molecule has 25 heavy (non-hydrogen) atoms. The van der Waals surface area contributed by atoms with Crippen LogP contribution in [-0.4, -0.2) is 46.8 Å². The molecule has 0 N–H and O–H groups in total. The second-order valence-electron chi connectivity index (χ2n) is 5.98. The minimum Gasteiger partial charge on any atom is -0.768 e. The van der Waals surface area contributed by atoms with Gasteiger partial charge in [-0.2, -0.15) is 0 Å². The summed E-state index contributed by atoms with van der Waals surface area (Å²) in [6.07, 6.45) is 0. The molecule has 0 bridgehead atoms. The molecule has 2 aromatic carbocycles. The van der Waals surface area contributed by atoms with E-state index in [0.29, 0.717) is 4.90 Å². The van der Waals surface area contributed by atoms with E-state index in [1.54, 1.807) is 12.1 Å². The summed E-state index contributed by atoms with van der Waals surface area (Å²) in [6.45, 7) is 1.83. The zero-order valence-corrected chi connectivity index (χ0v) is 17.9. The third-order valence-corrected chi connectivity index (χ3v) is 4.21. The van der Waals surface area contributed by atoms with E-state index in [0.717, 1.165) is 23.1 Å². The van der Waals surface area contributed by atoms with E-state index in [1.165, 1.54) is 5.56 Å². The predicted octanol–water partition coefficient (Wildman–Crippen LogP) is 0.501. The Morgan fingerprint density at radius 1 is 0.840 bits per heavy atom. The van der Waals surface area contributed by atoms with E-state index >= 15 is 0 Å². The molecule has 1 atom stereocenters. The Hall–Kier alpha value is -0.453. The monoisotopic (exact) mass is 418 g/mol. The molecule has 0 aliphatic heterocycles. The maximum Gasteiger partial charge on any atom is 1.00 e. The van der Waals surface area contributed by atoms with Crippen molar-refractivity contribution in [1.29, 1.82) is 0 Å². The van der Waals surface area contributed by atoms with Crippen LogP contribution in [0.1, 0.15) is 11.1 Å². The number of halogens is 1. The van der Waals surface area contributed by atoms with Crippen LogP contribution < -0.4 is 18.9 Å². The van der Waals surface area contributed by atoms with Crippen LogP contribution in [0.5, 0.6) is 0 Å². The number of hydrogen-bond donors (Lipinski definition) is 0. The molecule has 0 saturated heterocycles. The Morgan fingerprint density at radius 2 is 1.20 bits per heavy atom. The van der Waals surface area contributed by atoms with Crippen molar-refractivity contribution in [2.45, 2.75) is 18.0 Å². The standard InChI is InChI=1S/C9H12BrN.C9H13NO2S.Li/c1-11(2)7-8-3-5-9(10)6-4-8;1-10(2)7-8-3-5-9(6-4-8)13(11)12;/h3-6H,7H2,1-2H3;3-6H,7H2,1-2H3,(H,11,12);/q;;+1/p-1. The first-order chi connectivity index (χ1) is 11.3. The molecule has 0 aromatic heterocycles. The average Bonchev–Trinajstić information content (AvgIpc) is 2.50. The van der Waals surface area contributed by atoms with E-state index in [-0.39, 0.29) is 18.9 Å². The van der Waals surface area contributed by atoms with Gasteiger partial charge < -0.3 is 14.4 Å². The molecule has 0 aliphatic carbocycles. The van der Waals surface area contributed by atoms with Gasteiger partial charge in [-0.25, -0.2) is 0 Å². The van der Waals surface area contributed by atoms with Gasteiger partial charge in [0.05, 0.1) is 0 Å². The van der Waals surface area contributed by atoms with Gasteiger partial charge in [0.1, 0.15) is 0 Å². The zero-order chi connectivity index (χ0) is 18.1. The largest absolute Gasteiger partial charge is 1.00 e. The summed E-state index contributed by atoms with van der Waals surface area (Å²) in [4.78, 5) is 4.52. The van der Waals surface area contributed by atoms with Crippen molar-refractivity contribution in [2.24, 2.45) is 0 Å². The van der Waals surface area contributed by atoms with Gasteiger partial charge in [0.2, 0.25) is 0 Å². The van der Waals surface area contributed by atoms with Crippen LogP contribution in [0.25, 0.3) is 0 Å². The summed E-state index contributed by atoms with van der Waals surface area (Å²) in [5, 5.41) is 0. The summed E-state index contributed by atoms with van der Waals surface area (Å²) < 4.78 is 22.2. The molecule has 1 unspecified atom stereocenters. The predicted molar refractivity (Wildman–Crippen MR) is 103 cm³/mol. The molecule has 0 heterocycles. The molecule has 4 nitrogen and oxygen atoms in total. The molecule has 132 valence electrons. The van der Waals surface area contributed by atoms with Crippen LogP contribution >= 0.6 is 15.9 Å². The Kier molecular flexibility index (Phi) is 12.6. The molecule has 0 radical (unpaired) electrons. The number of hydrogen-bond acceptors (Lipinski definition) is 4. The normalized spacial score (nSPS) is 11.5. The summed E-state index contributed by atoms with van der Waals surface area (Å²) in [7, 11) is 8.09. The van der Waals surface area contributed by atoms with Gasteiger partial charge in [0.15, 0.2) is 0 Å². The third kappa shape index (κ3) is 11.0. The fraction of sp³-hybridized carbons (Fsp3) is 0.333. The molecular formula is C18H24BrLiN2O2S. The third-order valence-electron chi connectivity index (χ3n) is 3.03. The Morgan fingerprint density at radius 3 is 1.52 bits per heavy atom. The smallest absolute Gasteiger partial charge is 0.768 e. The second kappa shape index (κ2) is 12.8. The molecule has 0 saturated carbocycles. The van der Waals surface area contributed by atoms with Gasteiger partial charge in [0.25, 0.3) is 0 Å². The number of rotatable bonds is 5. The molecular weight excluding hydrogens is 395 g/mol. The van der Waals surface area contributed by atoms with Crippen molar-refractivity contribution >= 4 is 27.0 Å². The minimum absolute atomic E-state index is 0. The van der Waals surface area contributed by atoms with Crippen LogP contribution in [0.15, 0.2) is 57.9 Å². The maximum atomic E-state index is 10.5. The van der Waals surface area contributed by atoms with Crippen molar-refractivity contribution in [3.8, 4) is 0 Å². The Labute approximate surface area is 174 Å². The first-order valence-corrected chi connectivity index (χ1v) is 9.37. The van der Waals surface area contributed by atoms with E-state index in [2.05, 4.69) is 59.2 Å². The summed E-state index contributed by atoms with van der Waals surface area (Å²) >= 11 is 1.28. The molecule has 0 spiro atoms. The van der Waals surface area contributed by atoms with Crippen molar-refractivity contribution in [2.75, 3.05) is 28.2 Å². The maximum absolute atomic E-state index is 10.5. The van der Waals surface area contributed by atoms with Gasteiger partial charge in [-0.15, -0.1) is 0 Å². The molecule has 2 aromatic rings. The topological polar surface area (TPSA) is 46.6 Å². The van der Waals surface area contributed by atoms with Crippen LogP contribution in [-0.2, 0) is 24.2 Å². The first kappa shape index (κ1) is 24.5. The van der Waals surface area contributed by atoms with Gasteiger partial charge in [0, 0.05) is 22.5 Å². The fourth-order valence-electron chi connectivity index (χ4n) is 2.03. The second-order valence-corrected chi connectivity index (χ2v) is 7.84. The van der Waals surface area contributed by atoms with Crippen LogP contribution in [0, 0.1) is 0 Å². The number of nitrogens with zero attached hydrogens (tertiary/aromatic N) is 2. The molecule has 0 amide bonds. The Balaban J connectivity index is 0.000000449. The van der Waals surface area contributed by atoms with Gasteiger partial charge in [-0.3, -0.25) is 4.21 Å². The van der Waals surface area contributed by atoms with Crippen molar-refractivity contribution in [3.05, 3.63) is 64.1 Å². The fourth-order valence-corrected chi connectivity index (χ4v) is 2.65. The van der Waals surface area contributed by atoms with Crippen LogP contribution in [0.4, 0.5) is 0 Å². The zero-order valence-electron chi connectivity index (χ0n) is 15.5. The van der Waals surface area contributed by atoms with Gasteiger partial charge in [-0.1, -0.05) is 40.2 Å². The van der Waals surface area contributed by atoms with Gasteiger partial charge in [-0.05, 0) is 74.7 Å². The van der Waals surface area contributed by atoms with Crippen molar-refractivity contribution in [1.82, 2.24) is 9.80 Å². The quantitative estimate of drug-likeness (QED) is 0.523. The van der Waals surface area contributed by atoms with Crippen molar-refractivity contribution < 1.29 is 27.6 Å². The van der Waals surface area contributed by atoms with Gasteiger partial charge >= 0.3 is 18.9 Å². The van der Waals surface area contributed by atoms with E-state index in [9.17, 15) is 8.76 Å². The van der Waals surface area contributed by atoms with Crippen LogP contribution in [0.2, 0.25) is 0 Å². The number of benzene rings is 2.